The number of para-hydroxylation sites is 2. The summed E-state index contributed by atoms with van der Waals surface area (Å²) in [6.07, 6.45) is 6.90. The summed E-state index contributed by atoms with van der Waals surface area (Å²) in [4.78, 5) is 13.7. The van der Waals surface area contributed by atoms with Crippen molar-refractivity contribution in [3.8, 4) is 0 Å². The topological polar surface area (TPSA) is 98.0 Å². The molecule has 0 fully saturated rings. The Bertz CT molecular complexity index is 2860. The average Bonchev–Trinajstić information content (AvgIpc) is 4.01. The lowest BCUT2D eigenvalue weighted by Crippen LogP contribution is -2.10. The maximum absolute atomic E-state index is 6.51. The van der Waals surface area contributed by atoms with Gasteiger partial charge in [0.2, 0.25) is 11.8 Å². The fourth-order valence-electron chi connectivity index (χ4n) is 7.04. The van der Waals surface area contributed by atoms with Crippen molar-refractivity contribution in [1.82, 2.24) is 9.97 Å². The highest BCUT2D eigenvalue weighted by molar-refractivity contribution is 6.08. The minimum atomic E-state index is 0.601. The van der Waals surface area contributed by atoms with Crippen molar-refractivity contribution in [2.45, 2.75) is 0 Å². The van der Waals surface area contributed by atoms with Crippen molar-refractivity contribution >= 4 is 101 Å². The van der Waals surface area contributed by atoms with Crippen LogP contribution in [-0.4, -0.2) is 9.97 Å². The monoisotopic (exact) mass is 664 g/mol. The van der Waals surface area contributed by atoms with Crippen LogP contribution in [-0.2, 0) is 0 Å². The van der Waals surface area contributed by atoms with Crippen LogP contribution in [0, 0.1) is 0 Å². The molecule has 0 unspecified atom stereocenters. The maximum atomic E-state index is 6.51. The Morgan fingerprint density at radius 1 is 0.392 bits per heavy atom. The fraction of sp³-hybridized carbons (Fsp3) is 0. The van der Waals surface area contributed by atoms with E-state index in [0.717, 1.165) is 66.3 Å². The van der Waals surface area contributed by atoms with Crippen LogP contribution in [0.4, 0.5) is 34.6 Å². The lowest BCUT2D eigenvalue weighted by molar-refractivity contribution is 0.573. The molecule has 11 aromatic rings. The first-order valence-corrected chi connectivity index (χ1v) is 16.4. The Morgan fingerprint density at radius 3 is 1.59 bits per heavy atom. The summed E-state index contributed by atoms with van der Waals surface area (Å²) in [6, 6.07) is 39.7. The molecular formula is C42H24N4O5. The van der Waals surface area contributed by atoms with E-state index in [4.69, 9.17) is 32.1 Å². The standard InChI is InChI=1S/C42H24N4O5/c1-3-9-33-28(7-1)30-15-13-25(19-35(30)49-33)45(40-11-5-17-47-40)27-21-38-42(44-23-27)32-24-43-39(22-37(32)51-38)46(41-12-6-18-48-41)26-14-16-31-29-8-2-4-10-34(29)50-36(31)20-26/h1-24H. The second-order valence-corrected chi connectivity index (χ2v) is 12.3. The van der Waals surface area contributed by atoms with E-state index >= 15 is 0 Å². The molecule has 0 saturated heterocycles. The van der Waals surface area contributed by atoms with Crippen LogP contribution >= 0.6 is 0 Å². The molecule has 7 heterocycles. The number of fused-ring (bicyclic) bond motifs is 9. The van der Waals surface area contributed by atoms with Crippen molar-refractivity contribution in [3.63, 3.8) is 0 Å². The summed E-state index contributed by atoms with van der Waals surface area (Å²) in [6.45, 7) is 0. The van der Waals surface area contributed by atoms with E-state index in [2.05, 4.69) is 30.3 Å². The van der Waals surface area contributed by atoms with Gasteiger partial charge in [-0.1, -0.05) is 36.4 Å². The van der Waals surface area contributed by atoms with Gasteiger partial charge in [-0.3, -0.25) is 9.80 Å². The van der Waals surface area contributed by atoms with E-state index < -0.39 is 0 Å². The molecule has 0 aliphatic rings. The zero-order chi connectivity index (χ0) is 33.5. The van der Waals surface area contributed by atoms with Gasteiger partial charge in [0.05, 0.1) is 41.2 Å². The van der Waals surface area contributed by atoms with Crippen molar-refractivity contribution in [2.24, 2.45) is 0 Å². The highest BCUT2D eigenvalue weighted by Crippen LogP contribution is 2.42. The zero-order valence-electron chi connectivity index (χ0n) is 26.7. The van der Waals surface area contributed by atoms with Crippen LogP contribution in [0.1, 0.15) is 0 Å². The third kappa shape index (κ3) is 4.28. The number of hydrogen-bond donors (Lipinski definition) is 0. The molecule has 9 heteroatoms. The molecule has 0 radical (unpaired) electrons. The van der Waals surface area contributed by atoms with E-state index in [1.165, 1.54) is 0 Å². The Balaban J connectivity index is 1.02. The van der Waals surface area contributed by atoms with Crippen molar-refractivity contribution in [1.29, 1.82) is 0 Å². The van der Waals surface area contributed by atoms with Crippen molar-refractivity contribution < 1.29 is 22.1 Å². The van der Waals surface area contributed by atoms with Gasteiger partial charge in [0.1, 0.15) is 39.2 Å². The third-order valence-electron chi connectivity index (χ3n) is 9.35. The third-order valence-corrected chi connectivity index (χ3v) is 9.35. The van der Waals surface area contributed by atoms with Crippen LogP contribution in [0.25, 0.3) is 65.9 Å². The highest BCUT2D eigenvalue weighted by atomic mass is 16.4. The summed E-state index contributed by atoms with van der Waals surface area (Å²) >= 11 is 0. The van der Waals surface area contributed by atoms with Gasteiger partial charge in [-0.25, -0.2) is 9.97 Å². The molecular weight excluding hydrogens is 640 g/mol. The van der Waals surface area contributed by atoms with Gasteiger partial charge in [-0.05, 0) is 48.5 Å². The number of aromatic nitrogens is 2. The summed E-state index contributed by atoms with van der Waals surface area (Å²) in [5.74, 6) is 1.84. The quantitative estimate of drug-likeness (QED) is 0.172. The normalized spacial score (nSPS) is 11.9. The number of benzene rings is 4. The minimum Gasteiger partial charge on any atom is -0.456 e. The highest BCUT2D eigenvalue weighted by Gasteiger charge is 2.22. The van der Waals surface area contributed by atoms with E-state index in [-0.39, 0.29) is 0 Å². The second kappa shape index (κ2) is 10.6. The predicted octanol–water partition coefficient (Wildman–Crippen LogP) is 12.3. The Hall–Kier alpha value is -7.26. The molecule has 242 valence electrons. The predicted molar refractivity (Wildman–Crippen MR) is 198 cm³/mol. The first-order valence-electron chi connectivity index (χ1n) is 16.4. The van der Waals surface area contributed by atoms with Gasteiger partial charge in [0.15, 0.2) is 5.58 Å². The summed E-state index contributed by atoms with van der Waals surface area (Å²) < 4.78 is 30.8. The molecule has 51 heavy (non-hydrogen) atoms. The Labute approximate surface area is 288 Å². The van der Waals surface area contributed by atoms with E-state index in [1.54, 1.807) is 18.7 Å². The van der Waals surface area contributed by atoms with Gasteiger partial charge in [-0.2, -0.15) is 0 Å². The van der Waals surface area contributed by atoms with Gasteiger partial charge >= 0.3 is 0 Å². The largest absolute Gasteiger partial charge is 0.456 e. The van der Waals surface area contributed by atoms with Crippen molar-refractivity contribution in [3.05, 3.63) is 146 Å². The SMILES string of the molecule is c1coc(N(c2ccc3c(c2)oc2ccccc23)c2cnc3c(c2)oc2cc(N(c4ccc5c(c4)oc4ccccc45)c4ccco4)ncc23)c1. The maximum Gasteiger partial charge on any atom is 0.205 e. The molecule has 0 aliphatic carbocycles. The fourth-order valence-corrected chi connectivity index (χ4v) is 7.04. The molecule has 9 nitrogen and oxygen atoms in total. The van der Waals surface area contributed by atoms with Gasteiger partial charge in [0.25, 0.3) is 0 Å². The van der Waals surface area contributed by atoms with Gasteiger partial charge in [-0.15, -0.1) is 0 Å². The Morgan fingerprint density at radius 2 is 0.941 bits per heavy atom. The lowest BCUT2D eigenvalue weighted by atomic mass is 10.1. The molecule has 0 N–H and O–H groups in total. The molecule has 0 amide bonds. The van der Waals surface area contributed by atoms with Crippen LogP contribution in [0.3, 0.4) is 0 Å². The van der Waals surface area contributed by atoms with E-state index in [9.17, 15) is 0 Å². The van der Waals surface area contributed by atoms with Crippen LogP contribution in [0.5, 0.6) is 0 Å². The molecule has 7 aromatic heterocycles. The zero-order valence-corrected chi connectivity index (χ0v) is 26.7. The molecule has 0 bridgehead atoms. The van der Waals surface area contributed by atoms with Crippen LogP contribution in [0.2, 0.25) is 0 Å². The number of anilines is 6. The second-order valence-electron chi connectivity index (χ2n) is 12.3. The first-order chi connectivity index (χ1) is 25.2. The Kier molecular flexibility index (Phi) is 5.76. The van der Waals surface area contributed by atoms with E-state index in [0.29, 0.717) is 34.3 Å². The smallest absolute Gasteiger partial charge is 0.205 e. The number of rotatable bonds is 6. The summed E-state index contributed by atoms with van der Waals surface area (Å²) in [5.41, 5.74) is 7.62. The lowest BCUT2D eigenvalue weighted by Gasteiger charge is -2.21. The van der Waals surface area contributed by atoms with Crippen LogP contribution < -0.4 is 9.80 Å². The molecule has 4 aromatic carbocycles. The molecule has 0 aliphatic heterocycles. The average molecular weight is 665 g/mol. The van der Waals surface area contributed by atoms with Gasteiger partial charge < -0.3 is 22.1 Å². The van der Waals surface area contributed by atoms with E-state index in [1.807, 2.05) is 107 Å². The number of pyridine rings is 2. The first kappa shape index (κ1) is 27.7. The molecule has 0 saturated carbocycles. The van der Waals surface area contributed by atoms with Crippen molar-refractivity contribution in [2.75, 3.05) is 9.80 Å². The number of furan rings is 5. The number of hydrogen-bond acceptors (Lipinski definition) is 9. The molecule has 0 atom stereocenters. The summed E-state index contributed by atoms with van der Waals surface area (Å²) in [5, 5.41) is 5.02. The molecule has 0 spiro atoms. The number of nitrogens with zero attached hydrogens (tertiary/aromatic N) is 4. The van der Waals surface area contributed by atoms with Gasteiger partial charge in [0, 0.05) is 64.1 Å². The summed E-state index contributed by atoms with van der Waals surface area (Å²) in [7, 11) is 0. The molecule has 11 rings (SSSR count). The van der Waals surface area contributed by atoms with Crippen LogP contribution in [0.15, 0.2) is 168 Å². The minimum absolute atomic E-state index is 0.601.